The molecule has 0 bridgehead atoms. The minimum atomic E-state index is -1.70. The van der Waals surface area contributed by atoms with E-state index in [0.29, 0.717) is 12.1 Å². The molecule has 25 heteroatoms. The number of imidazole rings is 1. The number of carbonyl (C=O) groups is 10. The topological polar surface area (TPSA) is 393 Å². The molecule has 1 aromatic rings. The fourth-order valence-corrected chi connectivity index (χ4v) is 6.62. The standard InChI is InChI=1S/C37H60N12O12S/c1-17(2)8-21(31(54)48-26(14-50)34(57)47-25(37(60)61)10-19-13-41-16-42-19)45-35(58)27-6-5-7-49(27)36(59)24(9-18(3)4)46-33(56)23(12-29(40)52)44-32(55)22(11-28(39)51)43-30(53)20(38)15-62/h13,16-18,20-27,50,62H,5-12,14-15,38H2,1-4H3,(H2,39,51)(H2,40,52)(H,41,42)(H,43,53)(H,44,55)(H,45,58)(H,46,56)(H,47,57)(H,48,54)(H,60,61)/t20-,21-,22-,23-,24-,25-,26-,27-/m0/s1. The van der Waals surface area contributed by atoms with Crippen LogP contribution in [0.1, 0.15) is 71.9 Å². The zero-order valence-electron chi connectivity index (χ0n) is 35.0. The van der Waals surface area contributed by atoms with Crippen LogP contribution in [0.3, 0.4) is 0 Å². The summed E-state index contributed by atoms with van der Waals surface area (Å²) in [6, 6.07) is -11.2. The molecular weight excluding hydrogens is 837 g/mol. The first-order valence-corrected chi connectivity index (χ1v) is 20.6. The first-order chi connectivity index (χ1) is 29.1. The maximum atomic E-state index is 14.2. The van der Waals surface area contributed by atoms with Crippen molar-refractivity contribution in [2.75, 3.05) is 18.9 Å². The summed E-state index contributed by atoms with van der Waals surface area (Å²) in [6.45, 7) is 6.20. The Morgan fingerprint density at radius 3 is 1.73 bits per heavy atom. The second kappa shape index (κ2) is 25.2. The second-order valence-corrected chi connectivity index (χ2v) is 16.1. The summed E-state index contributed by atoms with van der Waals surface area (Å²) < 4.78 is 0. The number of hydrogen-bond donors (Lipinski definition) is 13. The van der Waals surface area contributed by atoms with E-state index in [1.54, 1.807) is 27.7 Å². The number of aromatic nitrogens is 2. The van der Waals surface area contributed by atoms with Gasteiger partial charge in [0.1, 0.15) is 42.3 Å². The van der Waals surface area contributed by atoms with Crippen molar-refractivity contribution in [3.05, 3.63) is 18.2 Å². The van der Waals surface area contributed by atoms with Crippen LogP contribution >= 0.6 is 12.6 Å². The zero-order chi connectivity index (χ0) is 46.8. The maximum Gasteiger partial charge on any atom is 0.326 e. The number of aliphatic hydroxyl groups is 1. The number of nitrogens with two attached hydrogens (primary N) is 3. The van der Waals surface area contributed by atoms with Gasteiger partial charge in [-0.15, -0.1) is 0 Å². The van der Waals surface area contributed by atoms with Gasteiger partial charge in [0.2, 0.25) is 53.2 Å². The molecule has 1 aliphatic heterocycles. The number of aromatic amines is 1. The summed E-state index contributed by atoms with van der Waals surface area (Å²) in [5.41, 5.74) is 16.7. The Hall–Kier alpha value is -5.82. The Kier molecular flexibility index (Phi) is 21.3. The molecule has 1 aliphatic rings. The summed E-state index contributed by atoms with van der Waals surface area (Å²) in [4.78, 5) is 137. The lowest BCUT2D eigenvalue weighted by molar-refractivity contribution is -0.143. The van der Waals surface area contributed by atoms with Crippen molar-refractivity contribution in [1.82, 2.24) is 46.8 Å². The van der Waals surface area contributed by atoms with E-state index in [9.17, 15) is 58.2 Å². The highest BCUT2D eigenvalue weighted by atomic mass is 32.1. The number of likely N-dealkylation sites (tertiary alicyclic amines) is 1. The van der Waals surface area contributed by atoms with Gasteiger partial charge in [-0.25, -0.2) is 9.78 Å². The molecule has 0 spiro atoms. The van der Waals surface area contributed by atoms with Crippen LogP contribution in [0, 0.1) is 11.8 Å². The molecule has 0 unspecified atom stereocenters. The number of amides is 9. The number of carbonyl (C=O) groups excluding carboxylic acids is 9. The SMILES string of the molecule is CC(C)C[C@H](NC(=O)[C@@H]1CCCN1C(=O)[C@H](CC(C)C)NC(=O)[C@H](CC(N)=O)NC(=O)[C@H](CC(N)=O)NC(=O)[C@@H](N)CS)C(=O)N[C@@H](CO)C(=O)N[C@@H](Cc1cnc[nH]1)C(=O)O. The molecule has 1 fully saturated rings. The number of aliphatic hydroxyl groups excluding tert-OH is 1. The molecule has 1 aromatic heterocycles. The van der Waals surface area contributed by atoms with Gasteiger partial charge in [-0.3, -0.25) is 43.2 Å². The third-order valence-corrected chi connectivity index (χ3v) is 9.91. The Balaban J connectivity index is 2.27. The summed E-state index contributed by atoms with van der Waals surface area (Å²) in [7, 11) is 0. The largest absolute Gasteiger partial charge is 0.480 e. The molecule has 0 saturated carbocycles. The molecule has 346 valence electrons. The zero-order valence-corrected chi connectivity index (χ0v) is 35.9. The van der Waals surface area contributed by atoms with E-state index < -0.39 is 127 Å². The molecule has 1 saturated heterocycles. The number of H-pyrrole nitrogens is 1. The van der Waals surface area contributed by atoms with Crippen LogP contribution < -0.4 is 49.1 Å². The Labute approximate surface area is 363 Å². The van der Waals surface area contributed by atoms with Gasteiger partial charge >= 0.3 is 5.97 Å². The van der Waals surface area contributed by atoms with Crippen LogP contribution in [0.25, 0.3) is 0 Å². The van der Waals surface area contributed by atoms with Crippen LogP contribution in [0.4, 0.5) is 0 Å². The van der Waals surface area contributed by atoms with Crippen LogP contribution in [-0.4, -0.2) is 151 Å². The number of aliphatic carboxylic acids is 1. The number of nitrogens with zero attached hydrogens (tertiary/aromatic N) is 2. The number of rotatable bonds is 26. The van der Waals surface area contributed by atoms with Crippen molar-refractivity contribution in [1.29, 1.82) is 0 Å². The fraction of sp³-hybridized carbons (Fsp3) is 0.649. The highest BCUT2D eigenvalue weighted by Crippen LogP contribution is 2.21. The van der Waals surface area contributed by atoms with Gasteiger partial charge in [0.25, 0.3) is 0 Å². The van der Waals surface area contributed by atoms with Crippen LogP contribution in [0.2, 0.25) is 0 Å². The molecule has 8 atom stereocenters. The van der Waals surface area contributed by atoms with Crippen LogP contribution in [0.15, 0.2) is 12.5 Å². The monoisotopic (exact) mass is 896 g/mol. The van der Waals surface area contributed by atoms with Gasteiger partial charge in [0, 0.05) is 30.6 Å². The van der Waals surface area contributed by atoms with Crippen molar-refractivity contribution < 1.29 is 58.2 Å². The Bertz CT molecular complexity index is 1760. The average molecular weight is 897 g/mol. The smallest absolute Gasteiger partial charge is 0.326 e. The van der Waals surface area contributed by atoms with Crippen molar-refractivity contribution >= 4 is 71.8 Å². The third-order valence-electron chi connectivity index (χ3n) is 9.52. The quantitative estimate of drug-likeness (QED) is 0.0388. The lowest BCUT2D eigenvalue weighted by Crippen LogP contribution is -2.60. The summed E-state index contributed by atoms with van der Waals surface area (Å²) in [5, 5.41) is 34.0. The van der Waals surface area contributed by atoms with Crippen molar-refractivity contribution in [3.63, 3.8) is 0 Å². The molecular formula is C37H60N12O12S. The third kappa shape index (κ3) is 16.9. The molecule has 0 aliphatic carbocycles. The number of hydrogen-bond acceptors (Lipinski definition) is 14. The lowest BCUT2D eigenvalue weighted by Gasteiger charge is -2.31. The molecule has 62 heavy (non-hydrogen) atoms. The lowest BCUT2D eigenvalue weighted by atomic mass is 10.0. The summed E-state index contributed by atoms with van der Waals surface area (Å²) in [5.74, 6) is -10.2. The molecule has 15 N–H and O–H groups in total. The van der Waals surface area contributed by atoms with E-state index >= 15 is 0 Å². The van der Waals surface area contributed by atoms with Crippen molar-refractivity contribution in [2.45, 2.75) is 121 Å². The number of thiol groups is 1. The number of primary amides is 2. The van der Waals surface area contributed by atoms with E-state index in [-0.39, 0.29) is 49.8 Å². The van der Waals surface area contributed by atoms with E-state index in [0.717, 1.165) is 0 Å². The second-order valence-electron chi connectivity index (χ2n) is 15.7. The van der Waals surface area contributed by atoms with E-state index in [4.69, 9.17) is 17.2 Å². The van der Waals surface area contributed by atoms with Crippen molar-refractivity contribution in [2.24, 2.45) is 29.0 Å². The Morgan fingerprint density at radius 2 is 1.24 bits per heavy atom. The molecule has 24 nitrogen and oxygen atoms in total. The molecule has 2 heterocycles. The molecule has 0 aromatic carbocycles. The number of carboxylic acid groups (broad SMARTS) is 1. The summed E-state index contributed by atoms with van der Waals surface area (Å²) in [6.07, 6.45) is 1.67. The number of carboxylic acids is 1. The van der Waals surface area contributed by atoms with Gasteiger partial charge in [0.15, 0.2) is 0 Å². The maximum absolute atomic E-state index is 14.2. The first kappa shape index (κ1) is 52.3. The molecule has 9 amide bonds. The molecule has 0 radical (unpaired) electrons. The minimum Gasteiger partial charge on any atom is -0.480 e. The average Bonchev–Trinajstić information content (AvgIpc) is 3.90. The van der Waals surface area contributed by atoms with Gasteiger partial charge in [0.05, 0.1) is 31.8 Å². The number of nitrogens with one attached hydrogen (secondary N) is 7. The van der Waals surface area contributed by atoms with E-state index in [2.05, 4.69) is 54.5 Å². The highest BCUT2D eigenvalue weighted by Gasteiger charge is 2.41. The van der Waals surface area contributed by atoms with Gasteiger partial charge in [-0.1, -0.05) is 27.7 Å². The minimum absolute atomic E-state index is 0.0300. The van der Waals surface area contributed by atoms with Crippen molar-refractivity contribution in [3.8, 4) is 0 Å². The molecule has 2 rings (SSSR count). The van der Waals surface area contributed by atoms with Gasteiger partial charge in [-0.2, -0.15) is 12.6 Å². The summed E-state index contributed by atoms with van der Waals surface area (Å²) >= 11 is 3.93. The predicted octanol–water partition coefficient (Wildman–Crippen LogP) is -4.97. The van der Waals surface area contributed by atoms with Crippen LogP contribution in [-0.2, 0) is 54.4 Å². The van der Waals surface area contributed by atoms with Gasteiger partial charge < -0.3 is 69.2 Å². The fourth-order valence-electron chi connectivity index (χ4n) is 6.45. The van der Waals surface area contributed by atoms with Gasteiger partial charge in [-0.05, 0) is 37.5 Å². The Morgan fingerprint density at radius 1 is 0.758 bits per heavy atom. The van der Waals surface area contributed by atoms with E-state index in [1.165, 1.54) is 17.4 Å². The predicted molar refractivity (Wildman–Crippen MR) is 222 cm³/mol. The normalized spacial score (nSPS) is 17.0. The highest BCUT2D eigenvalue weighted by molar-refractivity contribution is 7.80. The van der Waals surface area contributed by atoms with E-state index in [1.807, 2.05) is 0 Å². The van der Waals surface area contributed by atoms with Crippen LogP contribution in [0.5, 0.6) is 0 Å². The first-order valence-electron chi connectivity index (χ1n) is 19.9.